The quantitative estimate of drug-likeness (QED) is 0.732. The van der Waals surface area contributed by atoms with Crippen LogP contribution in [-0.4, -0.2) is 9.99 Å². The molecular formula is C18H20O4S. The van der Waals surface area contributed by atoms with E-state index in [2.05, 4.69) is 26.0 Å². The zero-order chi connectivity index (χ0) is 16.2. The summed E-state index contributed by atoms with van der Waals surface area (Å²) in [6, 6.07) is 4.19. The van der Waals surface area contributed by atoms with Crippen LogP contribution in [0.3, 0.4) is 0 Å². The summed E-state index contributed by atoms with van der Waals surface area (Å²) in [5.41, 5.74) is 5.19. The summed E-state index contributed by atoms with van der Waals surface area (Å²) in [5.74, 6) is 1.50. The summed E-state index contributed by atoms with van der Waals surface area (Å²) >= 11 is -1.24. The van der Waals surface area contributed by atoms with Gasteiger partial charge in [0, 0.05) is 24.8 Å². The van der Waals surface area contributed by atoms with Crippen LogP contribution in [0.25, 0.3) is 0 Å². The minimum Gasteiger partial charge on any atom is -0.493 e. The van der Waals surface area contributed by atoms with Gasteiger partial charge >= 0.3 is 0 Å². The van der Waals surface area contributed by atoms with Gasteiger partial charge < -0.3 is 4.74 Å². The van der Waals surface area contributed by atoms with E-state index in [9.17, 15) is 9.00 Å². The van der Waals surface area contributed by atoms with E-state index in [0.717, 1.165) is 40.0 Å². The average molecular weight is 332 g/mol. The molecule has 0 amide bonds. The molecule has 5 heteroatoms. The Labute approximate surface area is 138 Å². The second-order valence-electron chi connectivity index (χ2n) is 7.41. The molecule has 0 radical (unpaired) electrons. The molecule has 1 aliphatic carbocycles. The van der Waals surface area contributed by atoms with Crippen molar-refractivity contribution in [3.8, 4) is 0 Å². The van der Waals surface area contributed by atoms with E-state index >= 15 is 0 Å². The second kappa shape index (κ2) is 5.28. The molecule has 4 nitrogen and oxygen atoms in total. The predicted octanol–water partition coefficient (Wildman–Crippen LogP) is 3.10. The van der Waals surface area contributed by atoms with Crippen molar-refractivity contribution in [3.05, 3.63) is 45.7 Å². The first kappa shape index (κ1) is 15.1. The number of benzene rings is 1. The van der Waals surface area contributed by atoms with Crippen LogP contribution in [0.1, 0.15) is 48.9 Å². The Bertz CT molecular complexity index is 761. The van der Waals surface area contributed by atoms with Gasteiger partial charge in [-0.3, -0.25) is 8.98 Å². The normalized spacial score (nSPS) is 25.8. The predicted molar refractivity (Wildman–Crippen MR) is 86.6 cm³/mol. The molecule has 0 aromatic heterocycles. The first-order valence-corrected chi connectivity index (χ1v) is 9.19. The number of rotatable bonds is 0. The maximum atomic E-state index is 12.5. The van der Waals surface area contributed by atoms with Crippen molar-refractivity contribution in [2.24, 2.45) is 5.41 Å². The van der Waals surface area contributed by atoms with Gasteiger partial charge in [0.1, 0.15) is 12.4 Å². The number of Topliss-reactive ketones (excluding diaryl/α,β-unsaturated/α-hetero) is 1. The van der Waals surface area contributed by atoms with Crippen molar-refractivity contribution in [1.29, 1.82) is 0 Å². The van der Waals surface area contributed by atoms with Crippen LogP contribution >= 0.6 is 0 Å². The van der Waals surface area contributed by atoms with Crippen LogP contribution in [0.4, 0.5) is 0 Å². The molecule has 122 valence electrons. The SMILES string of the molecule is CC1(C)CC(=O)C2=C(C1)OCc1cc3c(cc1C2)COS(=O)C3. The third-order valence-corrected chi connectivity index (χ3v) is 5.79. The molecule has 1 atom stereocenters. The molecule has 0 saturated heterocycles. The third-order valence-electron chi connectivity index (χ3n) is 4.86. The first-order chi connectivity index (χ1) is 10.9. The number of fused-ring (bicyclic) bond motifs is 2. The minimum atomic E-state index is -1.24. The van der Waals surface area contributed by atoms with Crippen LogP contribution in [-0.2, 0) is 50.2 Å². The zero-order valence-corrected chi connectivity index (χ0v) is 14.3. The Morgan fingerprint density at radius 2 is 1.78 bits per heavy atom. The molecule has 0 N–H and O–H groups in total. The van der Waals surface area contributed by atoms with Crippen molar-refractivity contribution in [3.63, 3.8) is 0 Å². The fourth-order valence-electron chi connectivity index (χ4n) is 3.65. The number of carbonyl (C=O) groups excluding carboxylic acids is 1. The van der Waals surface area contributed by atoms with Crippen LogP contribution < -0.4 is 0 Å². The van der Waals surface area contributed by atoms with Crippen molar-refractivity contribution in [2.75, 3.05) is 0 Å². The highest BCUT2D eigenvalue weighted by Gasteiger charge is 2.35. The number of allylic oxidation sites excluding steroid dienone is 2. The molecule has 1 unspecified atom stereocenters. The molecule has 0 saturated carbocycles. The van der Waals surface area contributed by atoms with Crippen LogP contribution in [0.2, 0.25) is 0 Å². The van der Waals surface area contributed by atoms with Gasteiger partial charge in [-0.25, -0.2) is 4.21 Å². The molecule has 2 heterocycles. The molecule has 1 aromatic carbocycles. The Morgan fingerprint density at radius 3 is 2.61 bits per heavy atom. The topological polar surface area (TPSA) is 52.6 Å². The van der Waals surface area contributed by atoms with Crippen LogP contribution in [0.15, 0.2) is 23.5 Å². The number of ether oxygens (including phenoxy) is 1. The van der Waals surface area contributed by atoms with Gasteiger partial charge in [0.25, 0.3) is 0 Å². The summed E-state index contributed by atoms with van der Waals surface area (Å²) in [6.45, 7) is 5.09. The third kappa shape index (κ3) is 2.76. The fourth-order valence-corrected chi connectivity index (χ4v) is 4.51. The van der Waals surface area contributed by atoms with Crippen molar-refractivity contribution in [2.45, 2.75) is 52.1 Å². The summed E-state index contributed by atoms with van der Waals surface area (Å²) in [7, 11) is 0. The van der Waals surface area contributed by atoms with E-state index in [4.69, 9.17) is 8.92 Å². The lowest BCUT2D eigenvalue weighted by Crippen LogP contribution is -2.26. The maximum Gasteiger partial charge on any atom is 0.163 e. The van der Waals surface area contributed by atoms with E-state index < -0.39 is 11.1 Å². The highest BCUT2D eigenvalue weighted by Crippen LogP contribution is 2.40. The highest BCUT2D eigenvalue weighted by atomic mass is 32.2. The van der Waals surface area contributed by atoms with Gasteiger partial charge in [-0.05, 0) is 27.7 Å². The Balaban J connectivity index is 1.72. The lowest BCUT2D eigenvalue weighted by Gasteiger charge is -2.30. The Morgan fingerprint density at radius 1 is 1.04 bits per heavy atom. The second-order valence-corrected chi connectivity index (χ2v) is 8.54. The molecule has 23 heavy (non-hydrogen) atoms. The minimum absolute atomic E-state index is 0.0313. The molecule has 4 rings (SSSR count). The Hall–Kier alpha value is -1.46. The molecule has 0 fully saturated rings. The molecule has 2 aliphatic heterocycles. The van der Waals surface area contributed by atoms with E-state index in [1.807, 2.05) is 0 Å². The van der Waals surface area contributed by atoms with Crippen LogP contribution in [0.5, 0.6) is 0 Å². The van der Waals surface area contributed by atoms with Crippen molar-refractivity contribution in [1.82, 2.24) is 0 Å². The fraction of sp³-hybridized carbons (Fsp3) is 0.500. The molecule has 3 aliphatic rings. The van der Waals surface area contributed by atoms with Gasteiger partial charge in [-0.2, -0.15) is 0 Å². The van der Waals surface area contributed by atoms with Gasteiger partial charge in [0.05, 0.1) is 12.4 Å². The number of carbonyl (C=O) groups is 1. The summed E-state index contributed by atoms with van der Waals surface area (Å²) in [4.78, 5) is 12.5. The molecule has 0 bridgehead atoms. The van der Waals surface area contributed by atoms with E-state index in [1.54, 1.807) is 0 Å². The summed E-state index contributed by atoms with van der Waals surface area (Å²) in [5, 5.41) is 0. The maximum absolute atomic E-state index is 12.5. The zero-order valence-electron chi connectivity index (χ0n) is 13.4. The van der Waals surface area contributed by atoms with Crippen LogP contribution in [0, 0.1) is 5.41 Å². The van der Waals surface area contributed by atoms with E-state index in [0.29, 0.717) is 31.8 Å². The standard InChI is InChI=1S/C18H20O4S/c1-18(2)6-16(19)15-5-11-3-13-9-22-23(20)10-14(13)4-12(11)8-21-17(15)7-18/h3-4H,5-10H2,1-2H3. The number of hydrogen-bond donors (Lipinski definition) is 0. The van der Waals surface area contributed by atoms with Gasteiger partial charge in [-0.15, -0.1) is 0 Å². The van der Waals surface area contributed by atoms with Crippen molar-refractivity contribution < 1.29 is 17.9 Å². The Kier molecular flexibility index (Phi) is 3.46. The van der Waals surface area contributed by atoms with E-state index in [-0.39, 0.29) is 11.2 Å². The highest BCUT2D eigenvalue weighted by molar-refractivity contribution is 7.79. The molecular weight excluding hydrogens is 312 g/mol. The summed E-state index contributed by atoms with van der Waals surface area (Å²) in [6.07, 6.45) is 2.03. The smallest absolute Gasteiger partial charge is 0.163 e. The first-order valence-electron chi connectivity index (χ1n) is 7.94. The average Bonchev–Trinajstić information content (AvgIpc) is 2.63. The molecule has 1 aromatic rings. The molecule has 0 spiro atoms. The van der Waals surface area contributed by atoms with Gasteiger partial charge in [-0.1, -0.05) is 26.0 Å². The lowest BCUT2D eigenvalue weighted by molar-refractivity contribution is -0.118. The van der Waals surface area contributed by atoms with Gasteiger partial charge in [0.2, 0.25) is 0 Å². The lowest BCUT2D eigenvalue weighted by atomic mass is 9.75. The number of hydrogen-bond acceptors (Lipinski definition) is 4. The monoisotopic (exact) mass is 332 g/mol. The number of ketones is 1. The largest absolute Gasteiger partial charge is 0.493 e. The van der Waals surface area contributed by atoms with Gasteiger partial charge in [0.15, 0.2) is 16.9 Å². The van der Waals surface area contributed by atoms with Crippen molar-refractivity contribution >= 4 is 16.9 Å². The van der Waals surface area contributed by atoms with E-state index in [1.165, 1.54) is 0 Å². The summed E-state index contributed by atoms with van der Waals surface area (Å²) < 4.78 is 22.8.